The molecule has 1 aromatic heterocycles. The van der Waals surface area contributed by atoms with Crippen molar-refractivity contribution in [2.75, 3.05) is 5.32 Å². The van der Waals surface area contributed by atoms with Crippen LogP contribution in [0.4, 0.5) is 20.2 Å². The van der Waals surface area contributed by atoms with E-state index in [2.05, 4.69) is 31.4 Å². The number of hydrogen-bond donors (Lipinski definition) is 2. The largest absolute Gasteiger partial charge is 0.354 e. The molecule has 0 atom stereocenters. The Hall–Kier alpha value is -1.95. The van der Waals surface area contributed by atoms with Crippen molar-refractivity contribution in [3.05, 3.63) is 52.6 Å². The van der Waals surface area contributed by atoms with Crippen LogP contribution in [0, 0.1) is 11.6 Å². The maximum atomic E-state index is 13.1. The first-order chi connectivity index (χ1) is 9.13. The fraction of sp³-hybridized carbons (Fsp3) is 0. The van der Waals surface area contributed by atoms with Crippen LogP contribution < -0.4 is 5.32 Å². The van der Waals surface area contributed by atoms with Crippen LogP contribution >= 0.6 is 15.9 Å². The summed E-state index contributed by atoms with van der Waals surface area (Å²) in [7, 11) is 0. The van der Waals surface area contributed by atoms with Crippen molar-refractivity contribution in [1.29, 1.82) is 0 Å². The number of aromatic amines is 1. The zero-order valence-corrected chi connectivity index (χ0v) is 11.1. The molecule has 3 aromatic rings. The second kappa shape index (κ2) is 4.62. The molecule has 2 aromatic carbocycles. The van der Waals surface area contributed by atoms with E-state index in [0.29, 0.717) is 5.69 Å². The quantitative estimate of drug-likeness (QED) is 0.736. The lowest BCUT2D eigenvalue weighted by Gasteiger charge is -2.09. The fourth-order valence-corrected chi connectivity index (χ4v) is 2.23. The second-order valence-corrected chi connectivity index (χ2v) is 4.90. The smallest absolute Gasteiger partial charge is 0.160 e. The third kappa shape index (κ3) is 2.31. The molecule has 6 heteroatoms. The van der Waals surface area contributed by atoms with E-state index in [1.165, 1.54) is 6.07 Å². The number of benzene rings is 2. The Morgan fingerprint density at radius 1 is 1.11 bits per heavy atom. The molecule has 0 radical (unpaired) electrons. The van der Waals surface area contributed by atoms with Crippen molar-refractivity contribution >= 4 is 38.2 Å². The van der Waals surface area contributed by atoms with Gasteiger partial charge in [0.2, 0.25) is 0 Å². The zero-order chi connectivity index (χ0) is 13.4. The Morgan fingerprint density at radius 3 is 2.74 bits per heavy atom. The Balaban J connectivity index is 1.99. The Morgan fingerprint density at radius 2 is 1.95 bits per heavy atom. The van der Waals surface area contributed by atoms with Crippen LogP contribution in [-0.2, 0) is 0 Å². The SMILES string of the molecule is Fc1ccc(Nc2cc3cn[nH]c3cc2Br)cc1F. The van der Waals surface area contributed by atoms with Gasteiger partial charge in [0.15, 0.2) is 11.6 Å². The minimum atomic E-state index is -0.884. The molecule has 2 N–H and O–H groups in total. The number of hydrogen-bond acceptors (Lipinski definition) is 2. The number of aromatic nitrogens is 2. The van der Waals surface area contributed by atoms with Crippen molar-refractivity contribution in [1.82, 2.24) is 10.2 Å². The molecule has 0 saturated heterocycles. The third-order valence-electron chi connectivity index (χ3n) is 2.73. The lowest BCUT2D eigenvalue weighted by Crippen LogP contribution is -1.93. The Labute approximate surface area is 115 Å². The van der Waals surface area contributed by atoms with Gasteiger partial charge in [-0.2, -0.15) is 5.10 Å². The number of anilines is 2. The van der Waals surface area contributed by atoms with Gasteiger partial charge in [0.1, 0.15) is 0 Å². The topological polar surface area (TPSA) is 40.7 Å². The van der Waals surface area contributed by atoms with E-state index in [9.17, 15) is 8.78 Å². The first-order valence-corrected chi connectivity index (χ1v) is 6.27. The Bertz CT molecular complexity index is 755. The van der Waals surface area contributed by atoms with Gasteiger partial charge >= 0.3 is 0 Å². The van der Waals surface area contributed by atoms with E-state index in [4.69, 9.17) is 0 Å². The Kier molecular flexibility index (Phi) is 2.94. The molecule has 0 unspecified atom stereocenters. The summed E-state index contributed by atoms with van der Waals surface area (Å²) in [5, 5.41) is 10.7. The van der Waals surface area contributed by atoms with Crippen molar-refractivity contribution in [3.8, 4) is 0 Å². The zero-order valence-electron chi connectivity index (χ0n) is 9.55. The molecule has 0 spiro atoms. The van der Waals surface area contributed by atoms with E-state index in [-0.39, 0.29) is 0 Å². The molecular weight excluding hydrogens is 316 g/mol. The van der Waals surface area contributed by atoms with E-state index < -0.39 is 11.6 Å². The standard InChI is InChI=1S/C13H8BrF2N3/c14-9-5-12-7(6-17-19-12)3-13(9)18-8-1-2-10(15)11(16)4-8/h1-6,18H,(H,17,19). The molecule has 1 heterocycles. The molecule has 3 nitrogen and oxygen atoms in total. The minimum absolute atomic E-state index is 0.474. The summed E-state index contributed by atoms with van der Waals surface area (Å²) in [4.78, 5) is 0. The van der Waals surface area contributed by atoms with Gasteiger partial charge in [-0.25, -0.2) is 8.78 Å². The van der Waals surface area contributed by atoms with Crippen LogP contribution in [0.15, 0.2) is 41.0 Å². The highest BCUT2D eigenvalue weighted by Gasteiger charge is 2.07. The predicted molar refractivity (Wildman–Crippen MR) is 73.4 cm³/mol. The number of nitrogens with zero attached hydrogens (tertiary/aromatic N) is 1. The van der Waals surface area contributed by atoms with Crippen molar-refractivity contribution in [2.45, 2.75) is 0 Å². The summed E-state index contributed by atoms with van der Waals surface area (Å²) in [5.74, 6) is -1.75. The lowest BCUT2D eigenvalue weighted by atomic mass is 10.2. The molecule has 0 aliphatic heterocycles. The number of H-pyrrole nitrogens is 1. The average molecular weight is 324 g/mol. The molecule has 0 bridgehead atoms. The number of halogens is 3. The summed E-state index contributed by atoms with van der Waals surface area (Å²) in [6.07, 6.45) is 1.69. The third-order valence-corrected chi connectivity index (χ3v) is 3.38. The number of rotatable bonds is 2. The van der Waals surface area contributed by atoms with Crippen molar-refractivity contribution in [3.63, 3.8) is 0 Å². The molecule has 0 amide bonds. The summed E-state index contributed by atoms with van der Waals surface area (Å²) >= 11 is 3.41. The van der Waals surface area contributed by atoms with E-state index in [0.717, 1.165) is 33.2 Å². The number of fused-ring (bicyclic) bond motifs is 1. The van der Waals surface area contributed by atoms with Gasteiger partial charge < -0.3 is 5.32 Å². The second-order valence-electron chi connectivity index (χ2n) is 4.04. The van der Waals surface area contributed by atoms with Crippen LogP contribution in [0.25, 0.3) is 10.9 Å². The monoisotopic (exact) mass is 323 g/mol. The normalized spacial score (nSPS) is 10.9. The van der Waals surface area contributed by atoms with Gasteiger partial charge in [-0.1, -0.05) is 0 Å². The van der Waals surface area contributed by atoms with Crippen molar-refractivity contribution < 1.29 is 8.78 Å². The molecule has 19 heavy (non-hydrogen) atoms. The minimum Gasteiger partial charge on any atom is -0.354 e. The van der Waals surface area contributed by atoms with Gasteiger partial charge in [-0.15, -0.1) is 0 Å². The maximum Gasteiger partial charge on any atom is 0.160 e. The summed E-state index contributed by atoms with van der Waals surface area (Å²) < 4.78 is 26.8. The highest BCUT2D eigenvalue weighted by atomic mass is 79.9. The molecule has 0 aliphatic carbocycles. The molecule has 0 fully saturated rings. The first-order valence-electron chi connectivity index (χ1n) is 5.48. The van der Waals surface area contributed by atoms with E-state index in [1.807, 2.05) is 12.1 Å². The molecule has 0 saturated carbocycles. The average Bonchev–Trinajstić information content (AvgIpc) is 2.81. The van der Waals surface area contributed by atoms with Crippen LogP contribution in [0.2, 0.25) is 0 Å². The van der Waals surface area contributed by atoms with Crippen molar-refractivity contribution in [2.24, 2.45) is 0 Å². The van der Waals surface area contributed by atoms with Gasteiger partial charge in [-0.3, -0.25) is 5.10 Å². The van der Waals surface area contributed by atoms with Crippen LogP contribution in [0.3, 0.4) is 0 Å². The lowest BCUT2D eigenvalue weighted by molar-refractivity contribution is 0.509. The molecule has 96 valence electrons. The molecule has 3 rings (SSSR count). The highest BCUT2D eigenvalue weighted by Crippen LogP contribution is 2.30. The molecule has 0 aliphatic rings. The molecular formula is C13H8BrF2N3. The summed E-state index contributed by atoms with van der Waals surface area (Å²) in [6, 6.07) is 7.41. The van der Waals surface area contributed by atoms with Crippen LogP contribution in [0.5, 0.6) is 0 Å². The van der Waals surface area contributed by atoms with E-state index >= 15 is 0 Å². The summed E-state index contributed by atoms with van der Waals surface area (Å²) in [5.41, 5.74) is 2.12. The fourth-order valence-electron chi connectivity index (χ4n) is 1.79. The predicted octanol–water partition coefficient (Wildman–Crippen LogP) is 4.35. The van der Waals surface area contributed by atoms with Gasteiger partial charge in [0, 0.05) is 21.6 Å². The highest BCUT2D eigenvalue weighted by molar-refractivity contribution is 9.10. The van der Waals surface area contributed by atoms with Gasteiger partial charge in [0.05, 0.1) is 17.4 Å². The van der Waals surface area contributed by atoms with E-state index in [1.54, 1.807) is 6.20 Å². The summed E-state index contributed by atoms with van der Waals surface area (Å²) in [6.45, 7) is 0. The van der Waals surface area contributed by atoms with Crippen LogP contribution in [0.1, 0.15) is 0 Å². The van der Waals surface area contributed by atoms with Crippen LogP contribution in [-0.4, -0.2) is 10.2 Å². The number of nitrogens with one attached hydrogen (secondary N) is 2. The van der Waals surface area contributed by atoms with Gasteiger partial charge in [0.25, 0.3) is 0 Å². The first kappa shape index (κ1) is 12.1. The van der Waals surface area contributed by atoms with Gasteiger partial charge in [-0.05, 0) is 40.2 Å². The maximum absolute atomic E-state index is 13.1.